The second-order valence-electron chi connectivity index (χ2n) is 3.28. The van der Waals surface area contributed by atoms with Crippen molar-refractivity contribution in [2.45, 2.75) is 31.7 Å². The summed E-state index contributed by atoms with van der Waals surface area (Å²) in [5.74, 6) is -0.364. The van der Waals surface area contributed by atoms with E-state index in [0.29, 0.717) is 12.6 Å². The Balaban J connectivity index is 1.99. The number of rotatable bonds is 5. The quantitative estimate of drug-likeness (QED) is 0.631. The summed E-state index contributed by atoms with van der Waals surface area (Å²) in [4.78, 5) is 21.9. The number of amides is 2. The largest absolute Gasteiger partial charge is 0.355 e. The van der Waals surface area contributed by atoms with Crippen molar-refractivity contribution >= 4 is 11.8 Å². The van der Waals surface area contributed by atoms with Crippen molar-refractivity contribution in [3.05, 3.63) is 0 Å². The number of nitrogens with zero attached hydrogens (tertiary/aromatic N) is 1. The van der Waals surface area contributed by atoms with Gasteiger partial charge in [-0.2, -0.15) is 5.26 Å². The molecular formula is C9H13N3O2. The van der Waals surface area contributed by atoms with Crippen LogP contribution < -0.4 is 10.6 Å². The van der Waals surface area contributed by atoms with Crippen LogP contribution in [0, 0.1) is 11.3 Å². The second kappa shape index (κ2) is 5.22. The van der Waals surface area contributed by atoms with Gasteiger partial charge in [0.05, 0.1) is 6.07 Å². The first-order valence-corrected chi connectivity index (χ1v) is 4.65. The molecule has 1 rings (SSSR count). The van der Waals surface area contributed by atoms with E-state index >= 15 is 0 Å². The van der Waals surface area contributed by atoms with Gasteiger partial charge in [0.25, 0.3) is 0 Å². The summed E-state index contributed by atoms with van der Waals surface area (Å²) in [6, 6.07) is 2.09. The number of hydrogen-bond acceptors (Lipinski definition) is 3. The molecule has 0 heterocycles. The first-order valence-electron chi connectivity index (χ1n) is 4.65. The summed E-state index contributed by atoms with van der Waals surface area (Å²) >= 11 is 0. The molecule has 0 saturated heterocycles. The highest BCUT2D eigenvalue weighted by atomic mass is 16.2. The number of nitriles is 1. The van der Waals surface area contributed by atoms with Gasteiger partial charge in [0, 0.05) is 19.0 Å². The summed E-state index contributed by atoms with van der Waals surface area (Å²) in [5, 5.41) is 13.5. The van der Waals surface area contributed by atoms with Gasteiger partial charge in [-0.3, -0.25) is 9.59 Å². The highest BCUT2D eigenvalue weighted by molar-refractivity contribution is 5.80. The van der Waals surface area contributed by atoms with E-state index in [1.807, 2.05) is 0 Å². The fourth-order valence-electron chi connectivity index (χ4n) is 0.977. The molecule has 1 aliphatic rings. The topological polar surface area (TPSA) is 82.0 Å². The van der Waals surface area contributed by atoms with Crippen molar-refractivity contribution < 1.29 is 9.59 Å². The molecule has 0 radical (unpaired) electrons. The van der Waals surface area contributed by atoms with Crippen LogP contribution in [0.15, 0.2) is 0 Å². The Morgan fingerprint density at radius 3 is 2.64 bits per heavy atom. The summed E-state index contributed by atoms with van der Waals surface area (Å²) in [5.41, 5.74) is 0. The predicted molar refractivity (Wildman–Crippen MR) is 49.0 cm³/mol. The molecule has 2 amide bonds. The maximum absolute atomic E-state index is 11.1. The van der Waals surface area contributed by atoms with E-state index in [0.717, 1.165) is 12.8 Å². The Labute approximate surface area is 82.5 Å². The van der Waals surface area contributed by atoms with Gasteiger partial charge >= 0.3 is 0 Å². The molecule has 0 aromatic carbocycles. The van der Waals surface area contributed by atoms with Gasteiger partial charge in [0.1, 0.15) is 6.42 Å². The molecule has 1 saturated carbocycles. The van der Waals surface area contributed by atoms with Gasteiger partial charge in [-0.1, -0.05) is 0 Å². The minimum atomic E-state index is -0.327. The van der Waals surface area contributed by atoms with Crippen LogP contribution in [-0.2, 0) is 9.59 Å². The van der Waals surface area contributed by atoms with Crippen molar-refractivity contribution in [3.8, 4) is 6.07 Å². The molecule has 5 heteroatoms. The van der Waals surface area contributed by atoms with Crippen LogP contribution in [0.25, 0.3) is 0 Å². The highest BCUT2D eigenvalue weighted by Crippen LogP contribution is 2.18. The fraction of sp³-hybridized carbons (Fsp3) is 0.667. The third-order valence-electron chi connectivity index (χ3n) is 1.86. The van der Waals surface area contributed by atoms with E-state index in [1.165, 1.54) is 0 Å². The number of carbonyl (C=O) groups excluding carboxylic acids is 2. The monoisotopic (exact) mass is 195 g/mol. The normalized spacial score (nSPS) is 14.2. The van der Waals surface area contributed by atoms with Crippen molar-refractivity contribution in [3.63, 3.8) is 0 Å². The molecule has 0 unspecified atom stereocenters. The highest BCUT2D eigenvalue weighted by Gasteiger charge is 2.22. The third kappa shape index (κ3) is 4.45. The fourth-order valence-corrected chi connectivity index (χ4v) is 0.977. The lowest BCUT2D eigenvalue weighted by Crippen LogP contribution is -2.31. The molecule has 0 atom stereocenters. The zero-order valence-corrected chi connectivity index (χ0v) is 7.88. The van der Waals surface area contributed by atoms with Crippen LogP contribution in [-0.4, -0.2) is 24.4 Å². The van der Waals surface area contributed by atoms with Crippen LogP contribution in [0.5, 0.6) is 0 Å². The van der Waals surface area contributed by atoms with E-state index in [1.54, 1.807) is 6.07 Å². The summed E-state index contributed by atoms with van der Waals surface area (Å²) in [6.07, 6.45) is 2.26. The van der Waals surface area contributed by atoms with E-state index in [2.05, 4.69) is 10.6 Å². The molecule has 0 aromatic heterocycles. The third-order valence-corrected chi connectivity index (χ3v) is 1.86. The summed E-state index contributed by atoms with van der Waals surface area (Å²) in [7, 11) is 0. The Morgan fingerprint density at radius 2 is 2.07 bits per heavy atom. The number of carbonyl (C=O) groups is 2. The molecule has 1 aliphatic carbocycles. The molecular weight excluding hydrogens is 182 g/mol. The van der Waals surface area contributed by atoms with Crippen molar-refractivity contribution in [1.29, 1.82) is 5.26 Å². The smallest absolute Gasteiger partial charge is 0.234 e. The maximum Gasteiger partial charge on any atom is 0.234 e. The van der Waals surface area contributed by atoms with E-state index in [4.69, 9.17) is 5.26 Å². The molecule has 14 heavy (non-hydrogen) atoms. The molecule has 2 N–H and O–H groups in total. The molecule has 5 nitrogen and oxygen atoms in total. The van der Waals surface area contributed by atoms with E-state index in [9.17, 15) is 9.59 Å². The average Bonchev–Trinajstić information content (AvgIpc) is 2.88. The lowest BCUT2D eigenvalue weighted by molar-refractivity contribution is -0.122. The Kier molecular flexibility index (Phi) is 3.92. The lowest BCUT2D eigenvalue weighted by atomic mass is 10.3. The Hall–Kier alpha value is -1.57. The van der Waals surface area contributed by atoms with Crippen LogP contribution >= 0.6 is 0 Å². The number of hydrogen-bond donors (Lipinski definition) is 2. The molecule has 0 bridgehead atoms. The minimum Gasteiger partial charge on any atom is -0.355 e. The zero-order chi connectivity index (χ0) is 10.4. The molecule has 76 valence electrons. The maximum atomic E-state index is 11.1. The van der Waals surface area contributed by atoms with Crippen molar-refractivity contribution in [2.75, 3.05) is 6.54 Å². The van der Waals surface area contributed by atoms with Gasteiger partial charge in [0.15, 0.2) is 0 Å². The summed E-state index contributed by atoms with van der Waals surface area (Å²) in [6.45, 7) is 0.305. The Morgan fingerprint density at radius 1 is 1.36 bits per heavy atom. The van der Waals surface area contributed by atoms with Gasteiger partial charge < -0.3 is 10.6 Å². The van der Waals surface area contributed by atoms with Crippen LogP contribution in [0.3, 0.4) is 0 Å². The predicted octanol–water partition coefficient (Wildman–Crippen LogP) is -0.315. The van der Waals surface area contributed by atoms with Crippen molar-refractivity contribution in [1.82, 2.24) is 10.6 Å². The van der Waals surface area contributed by atoms with Crippen LogP contribution in [0.1, 0.15) is 25.7 Å². The van der Waals surface area contributed by atoms with E-state index in [-0.39, 0.29) is 24.7 Å². The molecule has 0 aliphatic heterocycles. The molecule has 1 fully saturated rings. The SMILES string of the molecule is N#CCC(=O)NCCC(=O)NC1CC1. The van der Waals surface area contributed by atoms with Gasteiger partial charge in [-0.15, -0.1) is 0 Å². The van der Waals surface area contributed by atoms with Crippen LogP contribution in [0.2, 0.25) is 0 Å². The first kappa shape index (κ1) is 10.5. The standard InChI is InChI=1S/C9H13N3O2/c10-5-3-8(13)11-6-4-9(14)12-7-1-2-7/h7H,1-4,6H2,(H,11,13)(H,12,14). The zero-order valence-electron chi connectivity index (χ0n) is 7.88. The molecule has 0 aromatic rings. The van der Waals surface area contributed by atoms with Crippen LogP contribution in [0.4, 0.5) is 0 Å². The van der Waals surface area contributed by atoms with Gasteiger partial charge in [0.2, 0.25) is 11.8 Å². The lowest BCUT2D eigenvalue weighted by Gasteiger charge is -2.03. The van der Waals surface area contributed by atoms with Gasteiger partial charge in [-0.05, 0) is 12.8 Å². The van der Waals surface area contributed by atoms with E-state index < -0.39 is 0 Å². The second-order valence-corrected chi connectivity index (χ2v) is 3.28. The Bertz CT molecular complexity index is 266. The number of nitrogens with one attached hydrogen (secondary N) is 2. The first-order chi connectivity index (χ1) is 6.72. The van der Waals surface area contributed by atoms with Crippen molar-refractivity contribution in [2.24, 2.45) is 0 Å². The minimum absolute atomic E-state index is 0.0373. The molecule has 0 spiro atoms. The summed E-state index contributed by atoms with van der Waals surface area (Å²) < 4.78 is 0. The van der Waals surface area contributed by atoms with Gasteiger partial charge in [-0.25, -0.2) is 0 Å². The average molecular weight is 195 g/mol.